The first kappa shape index (κ1) is 12.7. The molecule has 4 heteroatoms. The lowest BCUT2D eigenvalue weighted by atomic mass is 10.1. The Labute approximate surface area is 102 Å². The summed E-state index contributed by atoms with van der Waals surface area (Å²) < 4.78 is 13.2. The van der Waals surface area contributed by atoms with Crippen LogP contribution in [0.15, 0.2) is 22.7 Å². The molecule has 0 bridgehead atoms. The van der Waals surface area contributed by atoms with Gasteiger partial charge in [-0.2, -0.15) is 0 Å². The number of benzene rings is 1. The molecule has 2 nitrogen and oxygen atoms in total. The Morgan fingerprint density at radius 1 is 1.56 bits per heavy atom. The molecular formula is C12H11BrFNO. The second kappa shape index (κ2) is 4.67. The topological polar surface area (TPSA) is 29.1 Å². The Hall–Kier alpha value is -1.34. The van der Waals surface area contributed by atoms with Gasteiger partial charge in [0, 0.05) is 5.56 Å². The number of hydrogen-bond acceptors (Lipinski definition) is 1. The van der Waals surface area contributed by atoms with Crippen molar-refractivity contribution in [3.8, 4) is 12.3 Å². The van der Waals surface area contributed by atoms with E-state index in [2.05, 4.69) is 27.2 Å². The monoisotopic (exact) mass is 283 g/mol. The highest BCUT2D eigenvalue weighted by Gasteiger charge is 2.18. The van der Waals surface area contributed by atoms with Crippen LogP contribution in [-0.4, -0.2) is 11.4 Å². The van der Waals surface area contributed by atoms with Crippen molar-refractivity contribution in [3.63, 3.8) is 0 Å². The molecule has 0 heterocycles. The maximum absolute atomic E-state index is 13.0. The zero-order valence-corrected chi connectivity index (χ0v) is 10.6. The molecule has 0 unspecified atom stereocenters. The van der Waals surface area contributed by atoms with E-state index in [1.54, 1.807) is 13.8 Å². The molecule has 0 aliphatic rings. The molecule has 0 spiro atoms. The second-order valence-corrected chi connectivity index (χ2v) is 4.71. The summed E-state index contributed by atoms with van der Waals surface area (Å²) >= 11 is 3.02. The fourth-order valence-electron chi connectivity index (χ4n) is 1.03. The van der Waals surface area contributed by atoms with Gasteiger partial charge in [-0.3, -0.25) is 4.79 Å². The van der Waals surface area contributed by atoms with E-state index in [0.29, 0.717) is 5.56 Å². The fraction of sp³-hybridized carbons (Fsp3) is 0.250. The van der Waals surface area contributed by atoms with E-state index < -0.39 is 11.4 Å². The number of carbonyl (C=O) groups is 1. The molecule has 0 saturated carbocycles. The number of terminal acetylenes is 1. The van der Waals surface area contributed by atoms with Gasteiger partial charge in [0.05, 0.1) is 10.0 Å². The average Bonchev–Trinajstić information content (AvgIpc) is 2.21. The summed E-state index contributed by atoms with van der Waals surface area (Å²) in [6.45, 7) is 3.42. The standard InChI is InChI=1S/C12H11BrFNO/c1-4-12(2,3)15-11(16)8-5-6-10(14)9(13)7-8/h1,5-7H,2-3H3,(H,15,16). The number of hydrogen-bond donors (Lipinski definition) is 1. The van der Waals surface area contributed by atoms with Gasteiger partial charge in [0.1, 0.15) is 5.82 Å². The molecule has 0 fully saturated rings. The lowest BCUT2D eigenvalue weighted by Crippen LogP contribution is -2.42. The van der Waals surface area contributed by atoms with E-state index in [0.717, 1.165) is 0 Å². The third-order valence-corrected chi connectivity index (χ3v) is 2.58. The number of amides is 1. The zero-order chi connectivity index (χ0) is 12.3. The smallest absolute Gasteiger partial charge is 0.252 e. The van der Waals surface area contributed by atoms with Crippen LogP contribution >= 0.6 is 15.9 Å². The molecule has 1 aromatic rings. The summed E-state index contributed by atoms with van der Waals surface area (Å²) in [5.74, 6) is 1.71. The van der Waals surface area contributed by atoms with Crippen LogP contribution in [0.3, 0.4) is 0 Å². The van der Waals surface area contributed by atoms with Gasteiger partial charge >= 0.3 is 0 Å². The summed E-state index contributed by atoms with van der Waals surface area (Å²) in [4.78, 5) is 11.7. The third-order valence-electron chi connectivity index (χ3n) is 1.97. The molecule has 0 aliphatic carbocycles. The first-order valence-corrected chi connectivity index (χ1v) is 5.40. The highest BCUT2D eigenvalue weighted by Crippen LogP contribution is 2.17. The number of halogens is 2. The lowest BCUT2D eigenvalue weighted by Gasteiger charge is -2.19. The summed E-state index contributed by atoms with van der Waals surface area (Å²) in [5, 5.41) is 2.65. The Balaban J connectivity index is 2.91. The molecule has 1 aromatic carbocycles. The van der Waals surface area contributed by atoms with Crippen LogP contribution in [0, 0.1) is 18.2 Å². The van der Waals surface area contributed by atoms with Crippen LogP contribution in [0.2, 0.25) is 0 Å². The largest absolute Gasteiger partial charge is 0.336 e. The Morgan fingerprint density at radius 2 is 2.19 bits per heavy atom. The van der Waals surface area contributed by atoms with E-state index in [-0.39, 0.29) is 10.4 Å². The second-order valence-electron chi connectivity index (χ2n) is 3.85. The SMILES string of the molecule is C#CC(C)(C)NC(=O)c1ccc(F)c(Br)c1. The molecule has 0 aromatic heterocycles. The van der Waals surface area contributed by atoms with Crippen LogP contribution in [0.4, 0.5) is 4.39 Å². The van der Waals surface area contributed by atoms with Gasteiger partial charge in [0.2, 0.25) is 0 Å². The van der Waals surface area contributed by atoms with Gasteiger partial charge in [0.25, 0.3) is 5.91 Å². The van der Waals surface area contributed by atoms with Crippen molar-refractivity contribution in [1.82, 2.24) is 5.32 Å². The third kappa shape index (κ3) is 3.07. The average molecular weight is 284 g/mol. The molecule has 1 rings (SSSR count). The summed E-state index contributed by atoms with van der Waals surface area (Å²) in [6.07, 6.45) is 5.25. The normalized spacial score (nSPS) is 10.7. The van der Waals surface area contributed by atoms with Gasteiger partial charge in [-0.05, 0) is 48.0 Å². The van der Waals surface area contributed by atoms with E-state index in [4.69, 9.17) is 6.42 Å². The van der Waals surface area contributed by atoms with Crippen LogP contribution in [-0.2, 0) is 0 Å². The van der Waals surface area contributed by atoms with Crippen molar-refractivity contribution >= 4 is 21.8 Å². The highest BCUT2D eigenvalue weighted by atomic mass is 79.9. The van der Waals surface area contributed by atoms with Gasteiger partial charge in [0.15, 0.2) is 0 Å². The van der Waals surface area contributed by atoms with Crippen molar-refractivity contribution in [2.45, 2.75) is 19.4 Å². The summed E-state index contributed by atoms with van der Waals surface area (Å²) in [7, 11) is 0. The first-order valence-electron chi connectivity index (χ1n) is 4.61. The van der Waals surface area contributed by atoms with Crippen molar-refractivity contribution in [2.24, 2.45) is 0 Å². The minimum Gasteiger partial charge on any atom is -0.336 e. The maximum Gasteiger partial charge on any atom is 0.252 e. The van der Waals surface area contributed by atoms with E-state index >= 15 is 0 Å². The quantitative estimate of drug-likeness (QED) is 0.831. The molecule has 1 N–H and O–H groups in total. The van der Waals surface area contributed by atoms with Crippen LogP contribution < -0.4 is 5.32 Å². The zero-order valence-electron chi connectivity index (χ0n) is 8.97. The molecule has 84 valence electrons. The van der Waals surface area contributed by atoms with Crippen molar-refractivity contribution in [1.29, 1.82) is 0 Å². The predicted octanol–water partition coefficient (Wildman–Crippen LogP) is 2.73. The minimum atomic E-state index is -0.724. The Kier molecular flexibility index (Phi) is 3.71. The Bertz CT molecular complexity index is 463. The lowest BCUT2D eigenvalue weighted by molar-refractivity contribution is 0.0930. The molecule has 0 atom stereocenters. The van der Waals surface area contributed by atoms with Crippen LogP contribution in [0.5, 0.6) is 0 Å². The minimum absolute atomic E-state index is 0.249. The van der Waals surface area contributed by atoms with Gasteiger partial charge in [-0.25, -0.2) is 4.39 Å². The van der Waals surface area contributed by atoms with Crippen molar-refractivity contribution in [2.75, 3.05) is 0 Å². The van der Waals surface area contributed by atoms with Crippen molar-refractivity contribution in [3.05, 3.63) is 34.1 Å². The predicted molar refractivity (Wildman–Crippen MR) is 64.5 cm³/mol. The molecular weight excluding hydrogens is 273 g/mol. The van der Waals surface area contributed by atoms with Crippen molar-refractivity contribution < 1.29 is 9.18 Å². The summed E-state index contributed by atoms with van der Waals surface area (Å²) in [5.41, 5.74) is -0.366. The number of nitrogens with one attached hydrogen (secondary N) is 1. The molecule has 0 saturated heterocycles. The molecule has 16 heavy (non-hydrogen) atoms. The first-order chi connectivity index (χ1) is 7.35. The summed E-state index contributed by atoms with van der Waals surface area (Å²) in [6, 6.07) is 4.04. The van der Waals surface area contributed by atoms with Crippen LogP contribution in [0.25, 0.3) is 0 Å². The molecule has 0 aliphatic heterocycles. The number of carbonyl (C=O) groups excluding carboxylic acids is 1. The van der Waals surface area contributed by atoms with E-state index in [9.17, 15) is 9.18 Å². The van der Waals surface area contributed by atoms with Gasteiger partial charge in [-0.15, -0.1) is 6.42 Å². The Morgan fingerprint density at radius 3 is 2.69 bits per heavy atom. The molecule has 0 radical (unpaired) electrons. The van der Waals surface area contributed by atoms with E-state index in [1.807, 2.05) is 0 Å². The highest BCUT2D eigenvalue weighted by molar-refractivity contribution is 9.10. The number of rotatable bonds is 2. The maximum atomic E-state index is 13.0. The van der Waals surface area contributed by atoms with Gasteiger partial charge in [-0.1, -0.05) is 5.92 Å². The van der Waals surface area contributed by atoms with E-state index in [1.165, 1.54) is 18.2 Å². The molecule has 1 amide bonds. The fourth-order valence-corrected chi connectivity index (χ4v) is 1.41. The van der Waals surface area contributed by atoms with Gasteiger partial charge < -0.3 is 5.32 Å². The van der Waals surface area contributed by atoms with Crippen LogP contribution in [0.1, 0.15) is 24.2 Å².